The van der Waals surface area contributed by atoms with Crippen molar-refractivity contribution in [3.8, 4) is 0 Å². The Hall–Kier alpha value is -1.85. The van der Waals surface area contributed by atoms with E-state index >= 15 is 0 Å². The molecule has 104 valence electrons. The van der Waals surface area contributed by atoms with E-state index in [1.165, 1.54) is 19.3 Å². The first-order valence-corrected chi connectivity index (χ1v) is 6.59. The Kier molecular flexibility index (Phi) is 4.19. The largest absolute Gasteiger partial charge is 0.475 e. The highest BCUT2D eigenvalue weighted by Crippen LogP contribution is 2.26. The van der Waals surface area contributed by atoms with Gasteiger partial charge in [0.1, 0.15) is 0 Å². The Balaban J connectivity index is 1.93. The normalized spacial score (nSPS) is 17.9. The van der Waals surface area contributed by atoms with Gasteiger partial charge in [0.2, 0.25) is 5.76 Å². The third-order valence-corrected chi connectivity index (χ3v) is 3.67. The zero-order valence-electron chi connectivity index (χ0n) is 10.9. The van der Waals surface area contributed by atoms with Crippen LogP contribution < -0.4 is 5.32 Å². The zero-order chi connectivity index (χ0) is 13.8. The van der Waals surface area contributed by atoms with Crippen molar-refractivity contribution in [1.82, 2.24) is 10.5 Å². The highest BCUT2D eigenvalue weighted by molar-refractivity contribution is 5.94. The summed E-state index contributed by atoms with van der Waals surface area (Å²) in [5.41, 5.74) is 0.0139. The molecule has 1 atom stereocenters. The highest BCUT2D eigenvalue weighted by atomic mass is 16.5. The molecule has 1 unspecified atom stereocenters. The molecule has 2 N–H and O–H groups in total. The van der Waals surface area contributed by atoms with Crippen LogP contribution in [0.5, 0.6) is 0 Å². The molecule has 0 aliphatic heterocycles. The summed E-state index contributed by atoms with van der Waals surface area (Å²) in [6.45, 7) is 1.98. The molecule has 1 amide bonds. The third kappa shape index (κ3) is 3.33. The van der Waals surface area contributed by atoms with E-state index in [0.717, 1.165) is 18.9 Å². The first-order chi connectivity index (χ1) is 9.08. The van der Waals surface area contributed by atoms with E-state index in [0.29, 0.717) is 5.92 Å². The fraction of sp³-hybridized carbons (Fsp3) is 0.615. The van der Waals surface area contributed by atoms with Gasteiger partial charge in [0, 0.05) is 12.1 Å². The second-order valence-electron chi connectivity index (χ2n) is 5.04. The quantitative estimate of drug-likeness (QED) is 0.870. The molecule has 0 bridgehead atoms. The maximum atomic E-state index is 11.9. The lowest BCUT2D eigenvalue weighted by atomic mass is 9.84. The van der Waals surface area contributed by atoms with Crippen LogP contribution in [-0.4, -0.2) is 28.2 Å². The summed E-state index contributed by atoms with van der Waals surface area (Å²) in [5.74, 6) is -1.44. The minimum atomic E-state index is -1.23. The van der Waals surface area contributed by atoms with Crippen LogP contribution in [0.3, 0.4) is 0 Å². The summed E-state index contributed by atoms with van der Waals surface area (Å²) in [7, 11) is 0. The Morgan fingerprint density at radius 3 is 2.68 bits per heavy atom. The number of hydrogen-bond acceptors (Lipinski definition) is 4. The van der Waals surface area contributed by atoms with E-state index < -0.39 is 5.97 Å². The van der Waals surface area contributed by atoms with Crippen LogP contribution in [0.1, 0.15) is 60.1 Å². The summed E-state index contributed by atoms with van der Waals surface area (Å²) in [6, 6.07) is 1.21. The maximum absolute atomic E-state index is 11.9. The van der Waals surface area contributed by atoms with Gasteiger partial charge < -0.3 is 14.9 Å². The van der Waals surface area contributed by atoms with Crippen molar-refractivity contribution < 1.29 is 19.2 Å². The molecule has 1 aliphatic rings. The number of carbonyl (C=O) groups is 2. The molecule has 1 aromatic rings. The van der Waals surface area contributed by atoms with Crippen LogP contribution in [0, 0.1) is 5.92 Å². The van der Waals surface area contributed by atoms with E-state index in [9.17, 15) is 9.59 Å². The molecule has 0 spiro atoms. The molecule has 1 fully saturated rings. The lowest BCUT2D eigenvalue weighted by molar-refractivity contribution is 0.0650. The molecule has 0 aromatic carbocycles. The second-order valence-corrected chi connectivity index (χ2v) is 5.04. The second kappa shape index (κ2) is 5.86. The fourth-order valence-corrected chi connectivity index (χ4v) is 2.52. The highest BCUT2D eigenvalue weighted by Gasteiger charge is 2.23. The SMILES string of the molecule is CC(NC(=O)c1cc(C(=O)O)on1)C1CCCCC1. The number of aromatic carboxylic acids is 1. The number of nitrogens with zero attached hydrogens (tertiary/aromatic N) is 1. The van der Waals surface area contributed by atoms with Gasteiger partial charge in [-0.15, -0.1) is 0 Å². The Morgan fingerprint density at radius 1 is 1.42 bits per heavy atom. The molecule has 1 aliphatic carbocycles. The van der Waals surface area contributed by atoms with Crippen molar-refractivity contribution in [2.24, 2.45) is 5.92 Å². The molecule has 0 saturated heterocycles. The summed E-state index contributed by atoms with van der Waals surface area (Å²) in [6.07, 6.45) is 5.93. The van der Waals surface area contributed by atoms with Gasteiger partial charge in [-0.3, -0.25) is 4.79 Å². The van der Waals surface area contributed by atoms with Crippen molar-refractivity contribution >= 4 is 11.9 Å². The van der Waals surface area contributed by atoms with Crippen molar-refractivity contribution in [3.05, 3.63) is 17.5 Å². The number of carbonyl (C=O) groups excluding carboxylic acids is 1. The van der Waals surface area contributed by atoms with Crippen molar-refractivity contribution in [3.63, 3.8) is 0 Å². The predicted molar refractivity (Wildman–Crippen MR) is 67.0 cm³/mol. The van der Waals surface area contributed by atoms with Crippen molar-refractivity contribution in [2.75, 3.05) is 0 Å². The van der Waals surface area contributed by atoms with Crippen molar-refractivity contribution in [2.45, 2.75) is 45.1 Å². The lowest BCUT2D eigenvalue weighted by Crippen LogP contribution is -2.39. The molecular formula is C13H18N2O4. The van der Waals surface area contributed by atoms with E-state index in [-0.39, 0.29) is 23.4 Å². The van der Waals surface area contributed by atoms with Gasteiger partial charge >= 0.3 is 5.97 Å². The van der Waals surface area contributed by atoms with Crippen LogP contribution >= 0.6 is 0 Å². The molecule has 1 heterocycles. The maximum Gasteiger partial charge on any atom is 0.374 e. The average Bonchev–Trinajstić information content (AvgIpc) is 2.89. The number of aromatic nitrogens is 1. The Bertz CT molecular complexity index is 463. The number of rotatable bonds is 4. The summed E-state index contributed by atoms with van der Waals surface area (Å²) in [4.78, 5) is 22.5. The Morgan fingerprint density at radius 2 is 2.11 bits per heavy atom. The van der Waals surface area contributed by atoms with E-state index in [1.807, 2.05) is 6.92 Å². The molecule has 19 heavy (non-hydrogen) atoms. The van der Waals surface area contributed by atoms with Gasteiger partial charge in [-0.1, -0.05) is 24.4 Å². The number of carboxylic acids is 1. The van der Waals surface area contributed by atoms with Crippen LogP contribution in [0.4, 0.5) is 0 Å². The first kappa shape index (κ1) is 13.6. The summed E-state index contributed by atoms with van der Waals surface area (Å²) < 4.78 is 4.56. The lowest BCUT2D eigenvalue weighted by Gasteiger charge is -2.27. The van der Waals surface area contributed by atoms with Crippen molar-refractivity contribution in [1.29, 1.82) is 0 Å². The van der Waals surface area contributed by atoms with Gasteiger partial charge in [-0.2, -0.15) is 0 Å². The predicted octanol–water partition coefficient (Wildman–Crippen LogP) is 2.07. The Labute approximate surface area is 111 Å². The summed E-state index contributed by atoms with van der Waals surface area (Å²) >= 11 is 0. The number of carboxylic acid groups (broad SMARTS) is 1. The summed E-state index contributed by atoms with van der Waals surface area (Å²) in [5, 5.41) is 15.0. The molecule has 1 saturated carbocycles. The average molecular weight is 266 g/mol. The molecule has 6 nitrogen and oxygen atoms in total. The van der Waals surface area contributed by atoms with Crippen LogP contribution in [-0.2, 0) is 0 Å². The topological polar surface area (TPSA) is 92.4 Å². The zero-order valence-corrected chi connectivity index (χ0v) is 10.9. The number of hydrogen-bond donors (Lipinski definition) is 2. The molecule has 0 radical (unpaired) electrons. The number of amides is 1. The van der Waals surface area contributed by atoms with E-state index in [4.69, 9.17) is 5.11 Å². The van der Waals surface area contributed by atoms with E-state index in [2.05, 4.69) is 15.0 Å². The van der Waals surface area contributed by atoms with Gasteiger partial charge in [-0.05, 0) is 25.7 Å². The third-order valence-electron chi connectivity index (χ3n) is 3.67. The van der Waals surface area contributed by atoms with Gasteiger partial charge in [-0.25, -0.2) is 4.79 Å². The van der Waals surface area contributed by atoms with Crippen LogP contribution in [0.15, 0.2) is 10.6 Å². The molecule has 1 aromatic heterocycles. The first-order valence-electron chi connectivity index (χ1n) is 6.59. The van der Waals surface area contributed by atoms with Crippen LogP contribution in [0.25, 0.3) is 0 Å². The van der Waals surface area contributed by atoms with Crippen LogP contribution in [0.2, 0.25) is 0 Å². The number of nitrogens with one attached hydrogen (secondary N) is 1. The van der Waals surface area contributed by atoms with E-state index in [1.54, 1.807) is 0 Å². The monoisotopic (exact) mass is 266 g/mol. The molecule has 6 heteroatoms. The minimum Gasteiger partial charge on any atom is -0.475 e. The minimum absolute atomic E-state index is 0.0139. The standard InChI is InChI=1S/C13H18N2O4/c1-8(9-5-3-2-4-6-9)14-12(16)10-7-11(13(17)18)19-15-10/h7-9H,2-6H2,1H3,(H,14,16)(H,17,18). The van der Waals surface area contributed by atoms with Gasteiger partial charge in [0.25, 0.3) is 5.91 Å². The smallest absolute Gasteiger partial charge is 0.374 e. The van der Waals surface area contributed by atoms with Gasteiger partial charge in [0.15, 0.2) is 5.69 Å². The fourth-order valence-electron chi connectivity index (χ4n) is 2.52. The van der Waals surface area contributed by atoms with Gasteiger partial charge in [0.05, 0.1) is 0 Å². The molecular weight excluding hydrogens is 248 g/mol. The molecule has 2 rings (SSSR count).